The molecule has 0 saturated heterocycles. The quantitative estimate of drug-likeness (QED) is 0.480. The number of carbonyl (C=O) groups excluding carboxylic acids is 2. The Kier molecular flexibility index (Phi) is 5.86. The van der Waals surface area contributed by atoms with Crippen LogP contribution in [0.1, 0.15) is 12.5 Å². The van der Waals surface area contributed by atoms with E-state index in [0.717, 1.165) is 0 Å². The predicted octanol–water partition coefficient (Wildman–Crippen LogP) is 3.86. The minimum absolute atomic E-state index is 0.0291. The fourth-order valence-electron chi connectivity index (χ4n) is 2.01. The van der Waals surface area contributed by atoms with Crippen LogP contribution < -0.4 is 10.6 Å². The van der Waals surface area contributed by atoms with Crippen LogP contribution in [0.5, 0.6) is 0 Å². The number of rotatable bonds is 5. The predicted molar refractivity (Wildman–Crippen MR) is 96.5 cm³/mol. The molecule has 0 radical (unpaired) electrons. The van der Waals surface area contributed by atoms with Crippen molar-refractivity contribution >= 4 is 46.6 Å². The van der Waals surface area contributed by atoms with Gasteiger partial charge in [0.1, 0.15) is 5.02 Å². The maximum absolute atomic E-state index is 12.0. The number of nitro benzene ring substituents is 1. The summed E-state index contributed by atoms with van der Waals surface area (Å²) in [4.78, 5) is 33.3. The number of nitrogens with one attached hydrogen (secondary N) is 2. The van der Waals surface area contributed by atoms with Gasteiger partial charge >= 0.3 is 0 Å². The Morgan fingerprint density at radius 1 is 1.12 bits per heavy atom. The molecular formula is C17H14ClN3O4. The smallest absolute Gasteiger partial charge is 0.288 e. The van der Waals surface area contributed by atoms with Crippen molar-refractivity contribution in [3.8, 4) is 0 Å². The van der Waals surface area contributed by atoms with Gasteiger partial charge in [-0.25, -0.2) is 0 Å². The molecule has 0 fully saturated rings. The van der Waals surface area contributed by atoms with Crippen molar-refractivity contribution in [2.24, 2.45) is 0 Å². The van der Waals surface area contributed by atoms with Gasteiger partial charge in [0.2, 0.25) is 11.8 Å². The van der Waals surface area contributed by atoms with Gasteiger partial charge in [-0.3, -0.25) is 19.7 Å². The molecule has 2 N–H and O–H groups in total. The van der Waals surface area contributed by atoms with E-state index in [1.54, 1.807) is 30.3 Å². The molecule has 0 saturated carbocycles. The molecule has 0 unspecified atom stereocenters. The first-order valence-electron chi connectivity index (χ1n) is 7.16. The standard InChI is InChI=1S/C17H14ClN3O4/c1-11(22)19-13-3-2-4-14(10-13)20-17(23)8-6-12-5-7-15(18)16(9-12)21(24)25/h2-10H,1H3,(H,19,22)(H,20,23)/b8-6+. The van der Waals surface area contributed by atoms with E-state index in [1.165, 1.54) is 31.2 Å². The van der Waals surface area contributed by atoms with Crippen molar-refractivity contribution in [1.29, 1.82) is 0 Å². The minimum atomic E-state index is -0.590. The van der Waals surface area contributed by atoms with E-state index in [2.05, 4.69) is 10.6 Å². The van der Waals surface area contributed by atoms with Crippen LogP contribution in [0.2, 0.25) is 5.02 Å². The van der Waals surface area contributed by atoms with Crippen LogP contribution in [0.3, 0.4) is 0 Å². The van der Waals surface area contributed by atoms with Crippen LogP contribution in [0.25, 0.3) is 6.08 Å². The first-order valence-corrected chi connectivity index (χ1v) is 7.53. The summed E-state index contributed by atoms with van der Waals surface area (Å²) in [7, 11) is 0. The molecule has 0 bridgehead atoms. The molecule has 0 aliphatic rings. The van der Waals surface area contributed by atoms with Gasteiger partial charge in [-0.15, -0.1) is 0 Å². The highest BCUT2D eigenvalue weighted by atomic mass is 35.5. The molecule has 2 aromatic carbocycles. The van der Waals surface area contributed by atoms with E-state index in [0.29, 0.717) is 16.9 Å². The summed E-state index contributed by atoms with van der Waals surface area (Å²) >= 11 is 5.74. The van der Waals surface area contributed by atoms with Crippen molar-refractivity contribution in [2.75, 3.05) is 10.6 Å². The molecule has 2 rings (SSSR count). The van der Waals surface area contributed by atoms with Crippen molar-refractivity contribution in [3.63, 3.8) is 0 Å². The van der Waals surface area contributed by atoms with Gasteiger partial charge in [0.25, 0.3) is 5.69 Å². The topological polar surface area (TPSA) is 101 Å². The van der Waals surface area contributed by atoms with E-state index < -0.39 is 10.8 Å². The second-order valence-electron chi connectivity index (χ2n) is 5.05. The molecule has 0 atom stereocenters. The van der Waals surface area contributed by atoms with Crippen LogP contribution in [0.4, 0.5) is 17.1 Å². The molecule has 2 aromatic rings. The Labute approximate surface area is 148 Å². The Morgan fingerprint density at radius 2 is 1.80 bits per heavy atom. The summed E-state index contributed by atoms with van der Waals surface area (Å²) < 4.78 is 0. The maximum atomic E-state index is 12.0. The zero-order valence-electron chi connectivity index (χ0n) is 13.2. The molecule has 128 valence electrons. The van der Waals surface area contributed by atoms with Gasteiger partial charge in [0, 0.05) is 30.4 Å². The summed E-state index contributed by atoms with van der Waals surface area (Å²) in [5.41, 5.74) is 1.30. The van der Waals surface area contributed by atoms with Crippen LogP contribution in [0.15, 0.2) is 48.5 Å². The summed E-state index contributed by atoms with van der Waals surface area (Å²) in [6.45, 7) is 1.39. The lowest BCUT2D eigenvalue weighted by molar-refractivity contribution is -0.384. The number of benzene rings is 2. The summed E-state index contributed by atoms with van der Waals surface area (Å²) in [5, 5.41) is 16.1. The monoisotopic (exact) mass is 359 g/mol. The zero-order chi connectivity index (χ0) is 18.4. The van der Waals surface area contributed by atoms with E-state index >= 15 is 0 Å². The molecule has 8 heteroatoms. The number of amides is 2. The van der Waals surface area contributed by atoms with E-state index in [4.69, 9.17) is 11.6 Å². The van der Waals surface area contributed by atoms with Gasteiger partial charge in [0.05, 0.1) is 4.92 Å². The maximum Gasteiger partial charge on any atom is 0.288 e. The lowest BCUT2D eigenvalue weighted by atomic mass is 10.2. The number of hydrogen-bond donors (Lipinski definition) is 2. The highest BCUT2D eigenvalue weighted by Gasteiger charge is 2.11. The highest BCUT2D eigenvalue weighted by molar-refractivity contribution is 6.32. The number of nitrogens with zero attached hydrogens (tertiary/aromatic N) is 1. The third-order valence-corrected chi connectivity index (χ3v) is 3.36. The number of halogens is 1. The average Bonchev–Trinajstić information content (AvgIpc) is 2.53. The van der Waals surface area contributed by atoms with Gasteiger partial charge in [-0.1, -0.05) is 23.7 Å². The summed E-state index contributed by atoms with van der Waals surface area (Å²) in [6.07, 6.45) is 2.69. The molecular weight excluding hydrogens is 346 g/mol. The highest BCUT2D eigenvalue weighted by Crippen LogP contribution is 2.25. The number of anilines is 2. The molecule has 2 amide bonds. The largest absolute Gasteiger partial charge is 0.326 e. The van der Waals surface area contributed by atoms with Crippen LogP contribution in [0, 0.1) is 10.1 Å². The van der Waals surface area contributed by atoms with Gasteiger partial charge in [-0.2, -0.15) is 0 Å². The molecule has 7 nitrogen and oxygen atoms in total. The van der Waals surface area contributed by atoms with Crippen molar-refractivity contribution < 1.29 is 14.5 Å². The van der Waals surface area contributed by atoms with E-state index in [-0.39, 0.29) is 16.6 Å². The summed E-state index contributed by atoms with van der Waals surface area (Å²) in [6, 6.07) is 10.9. The third-order valence-electron chi connectivity index (χ3n) is 3.04. The first-order chi connectivity index (χ1) is 11.8. The van der Waals surface area contributed by atoms with Gasteiger partial charge in [-0.05, 0) is 35.9 Å². The summed E-state index contributed by atoms with van der Waals surface area (Å²) in [5.74, 6) is -0.634. The minimum Gasteiger partial charge on any atom is -0.326 e. The lowest BCUT2D eigenvalue weighted by Crippen LogP contribution is -2.09. The van der Waals surface area contributed by atoms with Crippen LogP contribution >= 0.6 is 11.6 Å². The molecule has 0 aliphatic carbocycles. The second kappa shape index (κ2) is 8.07. The third kappa shape index (κ3) is 5.43. The van der Waals surface area contributed by atoms with Gasteiger partial charge in [0.15, 0.2) is 0 Å². The molecule has 0 aromatic heterocycles. The van der Waals surface area contributed by atoms with Gasteiger partial charge < -0.3 is 10.6 Å². The Balaban J connectivity index is 2.07. The zero-order valence-corrected chi connectivity index (χ0v) is 13.9. The normalized spacial score (nSPS) is 10.5. The Morgan fingerprint density at radius 3 is 2.44 bits per heavy atom. The van der Waals surface area contributed by atoms with Crippen molar-refractivity contribution in [1.82, 2.24) is 0 Å². The van der Waals surface area contributed by atoms with Crippen LogP contribution in [-0.4, -0.2) is 16.7 Å². The SMILES string of the molecule is CC(=O)Nc1cccc(NC(=O)/C=C/c2ccc(Cl)c([N+](=O)[O-])c2)c1. The van der Waals surface area contributed by atoms with Crippen LogP contribution in [-0.2, 0) is 9.59 Å². The Hall–Kier alpha value is -3.19. The molecule has 25 heavy (non-hydrogen) atoms. The number of hydrogen-bond acceptors (Lipinski definition) is 4. The van der Waals surface area contributed by atoms with Crippen molar-refractivity contribution in [3.05, 3.63) is 69.2 Å². The first kappa shape index (κ1) is 18.2. The lowest BCUT2D eigenvalue weighted by Gasteiger charge is -2.06. The number of nitro groups is 1. The average molecular weight is 360 g/mol. The Bertz CT molecular complexity index is 865. The molecule has 0 aliphatic heterocycles. The number of carbonyl (C=O) groups is 2. The molecule has 0 spiro atoms. The fraction of sp³-hybridized carbons (Fsp3) is 0.0588. The fourth-order valence-corrected chi connectivity index (χ4v) is 2.19. The van der Waals surface area contributed by atoms with E-state index in [9.17, 15) is 19.7 Å². The van der Waals surface area contributed by atoms with Crippen molar-refractivity contribution in [2.45, 2.75) is 6.92 Å². The van der Waals surface area contributed by atoms with E-state index in [1.807, 2.05) is 0 Å². The molecule has 0 heterocycles. The second-order valence-corrected chi connectivity index (χ2v) is 5.46.